The van der Waals surface area contributed by atoms with Gasteiger partial charge < -0.3 is 10.2 Å². The van der Waals surface area contributed by atoms with Gasteiger partial charge in [0.05, 0.1) is 18.2 Å². The van der Waals surface area contributed by atoms with Crippen molar-refractivity contribution in [2.45, 2.75) is 12.8 Å². The molecule has 0 amide bonds. The van der Waals surface area contributed by atoms with Crippen molar-refractivity contribution in [2.75, 3.05) is 0 Å². The molecule has 0 radical (unpaired) electrons. The number of pyridine rings is 1. The maximum atomic E-state index is 12.6. The van der Waals surface area contributed by atoms with Crippen LogP contribution in [0.25, 0.3) is 0 Å². The molecule has 0 aliphatic carbocycles. The number of halogens is 2. The molecule has 16 heavy (non-hydrogen) atoms. The van der Waals surface area contributed by atoms with Crippen LogP contribution in [-0.4, -0.2) is 21.2 Å². The van der Waals surface area contributed by atoms with Gasteiger partial charge in [0.2, 0.25) is 0 Å². The Morgan fingerprint density at radius 1 is 1.62 bits per heavy atom. The van der Waals surface area contributed by atoms with Gasteiger partial charge in [-0.25, -0.2) is 13.8 Å². The van der Waals surface area contributed by atoms with Gasteiger partial charge in [0, 0.05) is 5.56 Å². The van der Waals surface area contributed by atoms with E-state index in [-0.39, 0.29) is 0 Å². The van der Waals surface area contributed by atoms with E-state index in [4.69, 9.17) is 15.5 Å². The summed E-state index contributed by atoms with van der Waals surface area (Å²) in [5, 5.41) is 26.3. The Labute approximate surface area is 88.6 Å². The van der Waals surface area contributed by atoms with Gasteiger partial charge in [-0.2, -0.15) is 5.26 Å². The zero-order valence-electron chi connectivity index (χ0n) is 7.81. The van der Waals surface area contributed by atoms with Crippen LogP contribution in [0.5, 0.6) is 5.75 Å². The maximum Gasteiger partial charge on any atom is 0.307 e. The van der Waals surface area contributed by atoms with Crippen molar-refractivity contribution in [3.63, 3.8) is 0 Å². The summed E-state index contributed by atoms with van der Waals surface area (Å²) >= 11 is 0. The molecule has 0 aliphatic heterocycles. The molecule has 1 heterocycles. The minimum atomic E-state index is -3.07. The quantitative estimate of drug-likeness (QED) is 0.811. The summed E-state index contributed by atoms with van der Waals surface area (Å²) in [5.74, 6) is -2.20. The fourth-order valence-electron chi connectivity index (χ4n) is 1.23. The van der Waals surface area contributed by atoms with E-state index in [0.29, 0.717) is 6.20 Å². The zero-order chi connectivity index (χ0) is 12.3. The minimum absolute atomic E-state index is 0.421. The van der Waals surface area contributed by atoms with Crippen molar-refractivity contribution < 1.29 is 23.8 Å². The molecule has 0 saturated heterocycles. The Bertz CT molecular complexity index is 469. The first-order valence-corrected chi connectivity index (χ1v) is 4.08. The third-order valence-corrected chi connectivity index (χ3v) is 1.85. The van der Waals surface area contributed by atoms with E-state index < -0.39 is 41.4 Å². The Kier molecular flexibility index (Phi) is 3.35. The molecule has 1 aromatic heterocycles. The van der Waals surface area contributed by atoms with E-state index in [1.54, 1.807) is 0 Å². The molecule has 0 spiro atoms. The monoisotopic (exact) mass is 228 g/mol. The summed E-state index contributed by atoms with van der Waals surface area (Å²) in [4.78, 5) is 13.8. The molecule has 0 fully saturated rings. The summed E-state index contributed by atoms with van der Waals surface area (Å²) in [6.45, 7) is 0. The molecule has 0 unspecified atom stereocenters. The van der Waals surface area contributed by atoms with E-state index in [9.17, 15) is 13.6 Å². The number of rotatable bonds is 3. The van der Waals surface area contributed by atoms with Crippen LogP contribution in [0.4, 0.5) is 8.78 Å². The first-order valence-electron chi connectivity index (χ1n) is 4.08. The lowest BCUT2D eigenvalue weighted by Crippen LogP contribution is -2.08. The van der Waals surface area contributed by atoms with Gasteiger partial charge in [-0.1, -0.05) is 0 Å². The fourth-order valence-corrected chi connectivity index (χ4v) is 1.23. The molecule has 0 aromatic carbocycles. The molecule has 7 heteroatoms. The van der Waals surface area contributed by atoms with Gasteiger partial charge in [-0.05, 0) is 0 Å². The number of aromatic nitrogens is 1. The van der Waals surface area contributed by atoms with Crippen molar-refractivity contribution in [1.82, 2.24) is 4.98 Å². The first kappa shape index (κ1) is 11.8. The predicted octanol–water partition coefficient (Wildman–Crippen LogP) is 1.22. The Morgan fingerprint density at radius 2 is 2.25 bits per heavy atom. The van der Waals surface area contributed by atoms with Crippen molar-refractivity contribution in [3.05, 3.63) is 23.0 Å². The van der Waals surface area contributed by atoms with Crippen LogP contribution in [0.1, 0.15) is 23.2 Å². The number of carboxylic acids is 1. The Balaban J connectivity index is 3.43. The molecule has 1 rings (SSSR count). The molecule has 84 valence electrons. The van der Waals surface area contributed by atoms with E-state index in [2.05, 4.69) is 4.98 Å². The van der Waals surface area contributed by atoms with Crippen LogP contribution in [0.3, 0.4) is 0 Å². The van der Waals surface area contributed by atoms with E-state index >= 15 is 0 Å². The lowest BCUT2D eigenvalue weighted by atomic mass is 10.0. The summed E-state index contributed by atoms with van der Waals surface area (Å²) in [5.41, 5.74) is -1.73. The molecule has 0 bridgehead atoms. The van der Waals surface area contributed by atoms with Gasteiger partial charge in [-0.15, -0.1) is 0 Å². The molecular weight excluding hydrogens is 222 g/mol. The topological polar surface area (TPSA) is 94.2 Å². The minimum Gasteiger partial charge on any atom is -0.506 e. The number of alkyl halides is 2. The summed E-state index contributed by atoms with van der Waals surface area (Å²) in [7, 11) is 0. The average molecular weight is 228 g/mol. The molecule has 0 atom stereocenters. The number of hydrogen-bond acceptors (Lipinski definition) is 4. The second kappa shape index (κ2) is 4.53. The van der Waals surface area contributed by atoms with Gasteiger partial charge in [0.25, 0.3) is 6.43 Å². The molecule has 2 N–H and O–H groups in total. The average Bonchev–Trinajstić information content (AvgIpc) is 2.16. The Hall–Kier alpha value is -2.23. The predicted molar refractivity (Wildman–Crippen MR) is 46.9 cm³/mol. The third-order valence-electron chi connectivity index (χ3n) is 1.85. The third kappa shape index (κ3) is 2.23. The number of carbonyl (C=O) groups is 1. The number of aliphatic carboxylic acids is 1. The highest BCUT2D eigenvalue weighted by molar-refractivity contribution is 5.72. The second-order valence-corrected chi connectivity index (χ2v) is 2.87. The summed E-state index contributed by atoms with van der Waals surface area (Å²) in [6.07, 6.45) is -3.15. The van der Waals surface area contributed by atoms with Crippen molar-refractivity contribution in [3.8, 4) is 11.8 Å². The van der Waals surface area contributed by atoms with E-state index in [1.807, 2.05) is 0 Å². The van der Waals surface area contributed by atoms with Crippen LogP contribution in [0, 0.1) is 11.3 Å². The number of nitrogens with zero attached hydrogens (tertiary/aromatic N) is 2. The van der Waals surface area contributed by atoms with Crippen LogP contribution in [0.15, 0.2) is 6.20 Å². The molecule has 0 saturated carbocycles. The standard InChI is InChI=1S/C9H6F2N2O3/c10-9(11)8-4(1-7(15)16)5(2-12)13-3-6(8)14/h3,9,14H,1H2,(H,15,16). The molecule has 0 aliphatic rings. The van der Waals surface area contributed by atoms with E-state index in [0.717, 1.165) is 0 Å². The fraction of sp³-hybridized carbons (Fsp3) is 0.222. The van der Waals surface area contributed by atoms with Gasteiger partial charge in [0.15, 0.2) is 0 Å². The second-order valence-electron chi connectivity index (χ2n) is 2.87. The lowest BCUT2D eigenvalue weighted by Gasteiger charge is -2.09. The van der Waals surface area contributed by atoms with Crippen LogP contribution < -0.4 is 0 Å². The van der Waals surface area contributed by atoms with Crippen LogP contribution in [0.2, 0.25) is 0 Å². The Morgan fingerprint density at radius 3 is 2.69 bits per heavy atom. The van der Waals surface area contributed by atoms with E-state index in [1.165, 1.54) is 6.07 Å². The highest BCUT2D eigenvalue weighted by Gasteiger charge is 2.23. The molecule has 5 nitrogen and oxygen atoms in total. The highest BCUT2D eigenvalue weighted by atomic mass is 19.3. The van der Waals surface area contributed by atoms with Gasteiger partial charge in [-0.3, -0.25) is 4.79 Å². The summed E-state index contributed by atoms with van der Waals surface area (Å²) in [6, 6.07) is 1.50. The lowest BCUT2D eigenvalue weighted by molar-refractivity contribution is -0.136. The van der Waals surface area contributed by atoms with Gasteiger partial charge >= 0.3 is 5.97 Å². The number of nitriles is 1. The normalized spacial score (nSPS) is 10.1. The number of hydrogen-bond donors (Lipinski definition) is 2. The maximum absolute atomic E-state index is 12.6. The highest BCUT2D eigenvalue weighted by Crippen LogP contribution is 2.32. The van der Waals surface area contributed by atoms with Crippen molar-refractivity contribution in [1.29, 1.82) is 5.26 Å². The molecular formula is C9H6F2N2O3. The largest absolute Gasteiger partial charge is 0.506 e. The van der Waals surface area contributed by atoms with Crippen LogP contribution in [-0.2, 0) is 11.2 Å². The van der Waals surface area contributed by atoms with Crippen molar-refractivity contribution >= 4 is 5.97 Å². The number of carboxylic acid groups (broad SMARTS) is 1. The number of aromatic hydroxyl groups is 1. The first-order chi connectivity index (χ1) is 7.47. The van der Waals surface area contributed by atoms with Crippen LogP contribution >= 0.6 is 0 Å². The summed E-state index contributed by atoms with van der Waals surface area (Å²) < 4.78 is 25.1. The zero-order valence-corrected chi connectivity index (χ0v) is 7.81. The van der Waals surface area contributed by atoms with Gasteiger partial charge in [0.1, 0.15) is 17.5 Å². The van der Waals surface area contributed by atoms with Crippen molar-refractivity contribution in [2.24, 2.45) is 0 Å². The SMILES string of the molecule is N#Cc1ncc(O)c(C(F)F)c1CC(=O)O. The molecule has 1 aromatic rings. The smallest absolute Gasteiger partial charge is 0.307 e.